The number of likely N-dealkylation sites (tertiary alicyclic amines) is 1. The summed E-state index contributed by atoms with van der Waals surface area (Å²) in [6.45, 7) is 2.41. The average molecular weight is 434 g/mol. The number of piperidine rings is 1. The number of rotatable bonds is 5. The highest BCUT2D eigenvalue weighted by Crippen LogP contribution is 2.32. The molecule has 0 bridgehead atoms. The zero-order chi connectivity index (χ0) is 21.9. The number of carbonyl (C=O) groups is 1. The molecule has 0 spiro atoms. The van der Waals surface area contributed by atoms with Gasteiger partial charge in [0.15, 0.2) is 11.5 Å². The van der Waals surface area contributed by atoms with Crippen LogP contribution in [0.15, 0.2) is 60.9 Å². The van der Waals surface area contributed by atoms with E-state index in [0.717, 1.165) is 31.0 Å². The number of para-hydroxylation sites is 2. The molecule has 2 aromatic carbocycles. The standard InChI is InChI=1S/C25H27N3O4/c1-30-20-8-6-18(7-9-20)16-28-15-12-26-24(28)19-10-13-27(14-11-19)25(29)23-17-31-21-4-2-3-5-22(21)32-23/h2-9,12,15,19,23H,10-11,13-14,16-17H2,1H3. The number of amides is 1. The van der Waals surface area contributed by atoms with E-state index in [2.05, 4.69) is 21.7 Å². The number of benzene rings is 2. The molecule has 2 aliphatic heterocycles. The second-order valence-corrected chi connectivity index (χ2v) is 8.23. The lowest BCUT2D eigenvalue weighted by Gasteiger charge is -2.35. The van der Waals surface area contributed by atoms with Gasteiger partial charge in [-0.05, 0) is 42.7 Å². The molecule has 1 saturated heterocycles. The first kappa shape index (κ1) is 20.4. The zero-order valence-electron chi connectivity index (χ0n) is 18.1. The fourth-order valence-electron chi connectivity index (χ4n) is 4.44. The van der Waals surface area contributed by atoms with Gasteiger partial charge < -0.3 is 23.7 Å². The Morgan fingerprint density at radius 1 is 1.09 bits per heavy atom. The largest absolute Gasteiger partial charge is 0.497 e. The van der Waals surface area contributed by atoms with E-state index >= 15 is 0 Å². The van der Waals surface area contributed by atoms with Gasteiger partial charge in [-0.2, -0.15) is 0 Å². The summed E-state index contributed by atoms with van der Waals surface area (Å²) >= 11 is 0. The second-order valence-electron chi connectivity index (χ2n) is 8.23. The molecular weight excluding hydrogens is 406 g/mol. The Morgan fingerprint density at radius 2 is 1.84 bits per heavy atom. The Morgan fingerprint density at radius 3 is 2.59 bits per heavy atom. The number of carbonyl (C=O) groups excluding carboxylic acids is 1. The minimum Gasteiger partial charge on any atom is -0.497 e. The number of hydrogen-bond acceptors (Lipinski definition) is 5. The first-order valence-electron chi connectivity index (χ1n) is 11.0. The van der Waals surface area contributed by atoms with Crippen LogP contribution in [0, 0.1) is 0 Å². The minimum absolute atomic E-state index is 0.000437. The van der Waals surface area contributed by atoms with Crippen LogP contribution in [0.2, 0.25) is 0 Å². The van der Waals surface area contributed by atoms with Crippen molar-refractivity contribution >= 4 is 5.91 Å². The van der Waals surface area contributed by atoms with Crippen molar-refractivity contribution in [2.45, 2.75) is 31.4 Å². The van der Waals surface area contributed by atoms with E-state index in [-0.39, 0.29) is 12.5 Å². The van der Waals surface area contributed by atoms with Crippen LogP contribution >= 0.6 is 0 Å². The molecule has 3 aromatic rings. The van der Waals surface area contributed by atoms with Crippen LogP contribution in [0.25, 0.3) is 0 Å². The van der Waals surface area contributed by atoms with E-state index in [4.69, 9.17) is 14.2 Å². The Labute approximate surface area is 187 Å². The molecule has 1 unspecified atom stereocenters. The van der Waals surface area contributed by atoms with Crippen molar-refractivity contribution in [3.05, 3.63) is 72.3 Å². The highest BCUT2D eigenvalue weighted by atomic mass is 16.6. The molecule has 0 N–H and O–H groups in total. The smallest absolute Gasteiger partial charge is 0.267 e. The number of ether oxygens (including phenoxy) is 3. The highest BCUT2D eigenvalue weighted by molar-refractivity contribution is 5.82. The summed E-state index contributed by atoms with van der Waals surface area (Å²) < 4.78 is 19.1. The van der Waals surface area contributed by atoms with Crippen LogP contribution < -0.4 is 14.2 Å². The van der Waals surface area contributed by atoms with E-state index in [1.165, 1.54) is 5.56 Å². The summed E-state index contributed by atoms with van der Waals surface area (Å²) in [4.78, 5) is 19.5. The normalized spacial score (nSPS) is 18.4. The summed E-state index contributed by atoms with van der Waals surface area (Å²) in [7, 11) is 1.67. The molecular formula is C25H27N3O4. The quantitative estimate of drug-likeness (QED) is 0.616. The molecule has 2 aliphatic rings. The van der Waals surface area contributed by atoms with Gasteiger partial charge in [-0.25, -0.2) is 4.98 Å². The molecule has 0 aliphatic carbocycles. The fourth-order valence-corrected chi connectivity index (χ4v) is 4.44. The summed E-state index contributed by atoms with van der Waals surface area (Å²) in [5.74, 6) is 3.59. The third kappa shape index (κ3) is 4.15. The van der Waals surface area contributed by atoms with Gasteiger partial charge in [0.05, 0.1) is 7.11 Å². The van der Waals surface area contributed by atoms with E-state index in [9.17, 15) is 4.79 Å². The Kier molecular flexibility index (Phi) is 5.71. The summed E-state index contributed by atoms with van der Waals surface area (Å²) in [6, 6.07) is 15.6. The van der Waals surface area contributed by atoms with Crippen molar-refractivity contribution in [1.82, 2.24) is 14.5 Å². The first-order chi connectivity index (χ1) is 15.7. The summed E-state index contributed by atoms with van der Waals surface area (Å²) in [6.07, 6.45) is 5.08. The molecule has 166 valence electrons. The van der Waals surface area contributed by atoms with Gasteiger partial charge in [0.2, 0.25) is 6.10 Å². The molecule has 7 nitrogen and oxygen atoms in total. The predicted octanol–water partition coefficient (Wildman–Crippen LogP) is 3.49. The number of nitrogens with zero attached hydrogens (tertiary/aromatic N) is 3. The van der Waals surface area contributed by atoms with Gasteiger partial charge >= 0.3 is 0 Å². The van der Waals surface area contributed by atoms with Gasteiger partial charge in [0, 0.05) is 37.9 Å². The zero-order valence-corrected chi connectivity index (χ0v) is 18.1. The van der Waals surface area contributed by atoms with Crippen molar-refractivity contribution < 1.29 is 19.0 Å². The maximum atomic E-state index is 13.0. The summed E-state index contributed by atoms with van der Waals surface area (Å²) in [5, 5.41) is 0. The molecule has 1 aromatic heterocycles. The van der Waals surface area contributed by atoms with Crippen LogP contribution in [0.4, 0.5) is 0 Å². The SMILES string of the molecule is COc1ccc(Cn2ccnc2C2CCN(C(=O)C3COc4ccccc4O3)CC2)cc1. The first-order valence-corrected chi connectivity index (χ1v) is 11.0. The van der Waals surface area contributed by atoms with E-state index in [1.54, 1.807) is 7.11 Å². The number of aromatic nitrogens is 2. The number of methoxy groups -OCH3 is 1. The molecule has 1 amide bonds. The summed E-state index contributed by atoms with van der Waals surface area (Å²) in [5.41, 5.74) is 1.20. The van der Waals surface area contributed by atoms with Crippen molar-refractivity contribution in [2.75, 3.05) is 26.8 Å². The van der Waals surface area contributed by atoms with E-state index in [0.29, 0.717) is 30.5 Å². The number of imidazole rings is 1. The molecule has 32 heavy (non-hydrogen) atoms. The lowest BCUT2D eigenvalue weighted by atomic mass is 9.95. The van der Waals surface area contributed by atoms with Gasteiger partial charge in [-0.1, -0.05) is 24.3 Å². The number of fused-ring (bicyclic) bond motifs is 1. The molecule has 5 rings (SSSR count). The molecule has 1 atom stereocenters. The monoisotopic (exact) mass is 433 g/mol. The predicted molar refractivity (Wildman–Crippen MR) is 119 cm³/mol. The third-order valence-corrected chi connectivity index (χ3v) is 6.22. The lowest BCUT2D eigenvalue weighted by Crippen LogP contribution is -2.49. The van der Waals surface area contributed by atoms with Gasteiger partial charge in [0.25, 0.3) is 5.91 Å². The van der Waals surface area contributed by atoms with E-state index in [1.807, 2.05) is 53.7 Å². The van der Waals surface area contributed by atoms with Crippen molar-refractivity contribution in [2.24, 2.45) is 0 Å². The third-order valence-electron chi connectivity index (χ3n) is 6.22. The van der Waals surface area contributed by atoms with Crippen LogP contribution in [0.5, 0.6) is 17.2 Å². The van der Waals surface area contributed by atoms with Crippen molar-refractivity contribution in [1.29, 1.82) is 0 Å². The van der Waals surface area contributed by atoms with Crippen LogP contribution in [-0.4, -0.2) is 53.3 Å². The maximum Gasteiger partial charge on any atom is 0.267 e. The molecule has 3 heterocycles. The maximum absolute atomic E-state index is 13.0. The molecule has 0 radical (unpaired) electrons. The molecule has 1 fully saturated rings. The molecule has 7 heteroatoms. The van der Waals surface area contributed by atoms with Crippen LogP contribution in [0.1, 0.15) is 30.1 Å². The van der Waals surface area contributed by atoms with E-state index < -0.39 is 6.10 Å². The van der Waals surface area contributed by atoms with Crippen LogP contribution in [0.3, 0.4) is 0 Å². The van der Waals surface area contributed by atoms with Crippen molar-refractivity contribution in [3.8, 4) is 17.2 Å². The minimum atomic E-state index is -0.585. The average Bonchev–Trinajstić information content (AvgIpc) is 3.32. The topological polar surface area (TPSA) is 65.8 Å². The highest BCUT2D eigenvalue weighted by Gasteiger charge is 2.34. The molecule has 0 saturated carbocycles. The number of hydrogen-bond donors (Lipinski definition) is 0. The van der Waals surface area contributed by atoms with Gasteiger partial charge in [0.1, 0.15) is 18.2 Å². The fraction of sp³-hybridized carbons (Fsp3) is 0.360. The Balaban J connectivity index is 1.19. The Bertz CT molecular complexity index is 1070. The van der Waals surface area contributed by atoms with Crippen LogP contribution in [-0.2, 0) is 11.3 Å². The van der Waals surface area contributed by atoms with Crippen molar-refractivity contribution in [3.63, 3.8) is 0 Å². The van der Waals surface area contributed by atoms with Gasteiger partial charge in [-0.3, -0.25) is 4.79 Å². The van der Waals surface area contributed by atoms with Gasteiger partial charge in [-0.15, -0.1) is 0 Å². The Hall–Kier alpha value is -3.48. The second kappa shape index (κ2) is 8.94. The lowest BCUT2D eigenvalue weighted by molar-refractivity contribution is -0.142.